The normalized spacial score (nSPS) is 22.0. The van der Waals surface area contributed by atoms with Gasteiger partial charge in [-0.05, 0) is 25.8 Å². The van der Waals surface area contributed by atoms with Gasteiger partial charge in [0.2, 0.25) is 0 Å². The maximum Gasteiger partial charge on any atom is 0.191 e. The Morgan fingerprint density at radius 3 is 2.70 bits per heavy atom. The summed E-state index contributed by atoms with van der Waals surface area (Å²) < 4.78 is 7.17. The number of likely N-dealkylation sites (N-methyl/N-ethyl adjacent to an activating group) is 1. The first-order valence-electron chi connectivity index (χ1n) is 11.5. The molecule has 0 radical (unpaired) electrons. The van der Waals surface area contributed by atoms with Crippen molar-refractivity contribution in [1.82, 2.24) is 35.2 Å². The minimum atomic E-state index is 0.310. The summed E-state index contributed by atoms with van der Waals surface area (Å²) in [5, 5.41) is 11.6. The number of aliphatic imine (C=N–C) groups is 1. The average molecular weight is 421 g/mol. The Bertz CT molecular complexity index is 668. The van der Waals surface area contributed by atoms with Crippen LogP contribution < -0.4 is 10.6 Å². The molecule has 2 aliphatic rings. The number of piperazine rings is 1. The lowest BCUT2D eigenvalue weighted by atomic mass is 10.1. The van der Waals surface area contributed by atoms with Crippen molar-refractivity contribution < 1.29 is 4.74 Å². The van der Waals surface area contributed by atoms with Crippen molar-refractivity contribution in [3.63, 3.8) is 0 Å². The molecule has 2 unspecified atom stereocenters. The van der Waals surface area contributed by atoms with E-state index in [0.717, 1.165) is 63.2 Å². The van der Waals surface area contributed by atoms with Crippen LogP contribution in [0.25, 0.3) is 0 Å². The maximum absolute atomic E-state index is 5.16. The van der Waals surface area contributed by atoms with E-state index in [1.807, 2.05) is 4.68 Å². The Hall–Kier alpha value is -1.71. The fourth-order valence-corrected chi connectivity index (χ4v) is 4.22. The predicted octanol–water partition coefficient (Wildman–Crippen LogP) is 0.568. The number of hydrogen-bond acceptors (Lipinski definition) is 6. The molecule has 1 saturated heterocycles. The highest BCUT2D eigenvalue weighted by Gasteiger charge is 2.23. The van der Waals surface area contributed by atoms with Crippen LogP contribution in [0.2, 0.25) is 0 Å². The molecule has 0 amide bonds. The van der Waals surface area contributed by atoms with Gasteiger partial charge >= 0.3 is 0 Å². The molecular weight excluding hydrogens is 380 g/mol. The van der Waals surface area contributed by atoms with Crippen molar-refractivity contribution in [3.8, 4) is 0 Å². The predicted molar refractivity (Wildman–Crippen MR) is 120 cm³/mol. The molecule has 1 aromatic heterocycles. The van der Waals surface area contributed by atoms with Gasteiger partial charge < -0.3 is 25.2 Å². The van der Waals surface area contributed by atoms with Gasteiger partial charge in [-0.15, -0.1) is 0 Å². The lowest BCUT2D eigenvalue weighted by Crippen LogP contribution is -2.48. The summed E-state index contributed by atoms with van der Waals surface area (Å²) in [6, 6.07) is 0.310. The number of aryl methyl sites for hydroxylation is 1. The Balaban J connectivity index is 1.48. The molecule has 1 fully saturated rings. The van der Waals surface area contributed by atoms with Gasteiger partial charge in [0.1, 0.15) is 12.4 Å². The standard InChI is InChI=1S/C21H40N8O/c1-5-22-21(23-13-17(3)14-28-11-9-27(6-2)10-12-28)24-18-7-8-20-25-19(16-30-4)26-29(20)15-18/h17-18H,5-16H2,1-4H3,(H2,22,23,24). The van der Waals surface area contributed by atoms with E-state index < -0.39 is 0 Å². The van der Waals surface area contributed by atoms with Gasteiger partial charge in [-0.2, -0.15) is 5.10 Å². The van der Waals surface area contributed by atoms with Gasteiger partial charge in [0.15, 0.2) is 11.8 Å². The lowest BCUT2D eigenvalue weighted by Gasteiger charge is -2.35. The number of ether oxygens (including phenoxy) is 1. The van der Waals surface area contributed by atoms with Gasteiger partial charge in [0, 0.05) is 65.4 Å². The largest absolute Gasteiger partial charge is 0.377 e. The molecular formula is C21H40N8O. The van der Waals surface area contributed by atoms with Crippen LogP contribution in [0.15, 0.2) is 4.99 Å². The molecule has 0 aliphatic carbocycles. The van der Waals surface area contributed by atoms with Gasteiger partial charge in [-0.1, -0.05) is 13.8 Å². The first-order valence-corrected chi connectivity index (χ1v) is 11.5. The Kier molecular flexibility index (Phi) is 8.89. The number of fused-ring (bicyclic) bond motifs is 1. The van der Waals surface area contributed by atoms with Crippen molar-refractivity contribution in [3.05, 3.63) is 11.6 Å². The summed E-state index contributed by atoms with van der Waals surface area (Å²) in [7, 11) is 1.68. The van der Waals surface area contributed by atoms with E-state index in [0.29, 0.717) is 18.6 Å². The van der Waals surface area contributed by atoms with Crippen LogP contribution in [0.1, 0.15) is 38.8 Å². The smallest absolute Gasteiger partial charge is 0.191 e. The summed E-state index contributed by atoms with van der Waals surface area (Å²) in [5.41, 5.74) is 0. The second-order valence-corrected chi connectivity index (χ2v) is 8.50. The molecule has 0 aromatic carbocycles. The van der Waals surface area contributed by atoms with Crippen molar-refractivity contribution in [2.24, 2.45) is 10.9 Å². The van der Waals surface area contributed by atoms with E-state index >= 15 is 0 Å². The third-order valence-electron chi connectivity index (χ3n) is 5.90. The van der Waals surface area contributed by atoms with E-state index in [1.54, 1.807) is 7.11 Å². The molecule has 30 heavy (non-hydrogen) atoms. The Morgan fingerprint density at radius 2 is 2.00 bits per heavy atom. The summed E-state index contributed by atoms with van der Waals surface area (Å²) in [6.45, 7) is 16.6. The SMILES string of the molecule is CCNC(=NCC(C)CN1CCN(CC)CC1)NC1CCc2nc(COC)nn2C1. The molecule has 1 aromatic rings. The van der Waals surface area contributed by atoms with Crippen LogP contribution in [-0.2, 0) is 24.3 Å². The highest BCUT2D eigenvalue weighted by atomic mass is 16.5. The molecule has 3 rings (SSSR count). The summed E-state index contributed by atoms with van der Waals surface area (Å²) in [4.78, 5) is 14.6. The minimum absolute atomic E-state index is 0.310. The van der Waals surface area contributed by atoms with Crippen LogP contribution in [0.4, 0.5) is 0 Å². The molecule has 0 spiro atoms. The Morgan fingerprint density at radius 1 is 1.23 bits per heavy atom. The fraction of sp³-hybridized carbons (Fsp3) is 0.857. The lowest BCUT2D eigenvalue weighted by molar-refractivity contribution is 0.125. The van der Waals surface area contributed by atoms with Crippen LogP contribution in [-0.4, -0.2) is 96.0 Å². The van der Waals surface area contributed by atoms with Gasteiger partial charge in [-0.3, -0.25) is 4.99 Å². The van der Waals surface area contributed by atoms with Gasteiger partial charge in [0.25, 0.3) is 0 Å². The highest BCUT2D eigenvalue weighted by Crippen LogP contribution is 2.13. The molecule has 170 valence electrons. The number of hydrogen-bond donors (Lipinski definition) is 2. The second kappa shape index (κ2) is 11.6. The average Bonchev–Trinajstić information content (AvgIpc) is 3.15. The van der Waals surface area contributed by atoms with E-state index in [2.05, 4.69) is 51.3 Å². The molecule has 0 bridgehead atoms. The van der Waals surface area contributed by atoms with E-state index in [-0.39, 0.29) is 0 Å². The number of nitrogens with one attached hydrogen (secondary N) is 2. The quantitative estimate of drug-likeness (QED) is 0.446. The highest BCUT2D eigenvalue weighted by molar-refractivity contribution is 5.80. The third-order valence-corrected chi connectivity index (χ3v) is 5.90. The number of guanidine groups is 1. The van der Waals surface area contributed by atoms with Crippen molar-refractivity contribution in [1.29, 1.82) is 0 Å². The van der Waals surface area contributed by atoms with E-state index in [9.17, 15) is 0 Å². The molecule has 9 heteroatoms. The molecule has 2 N–H and O–H groups in total. The first-order chi connectivity index (χ1) is 14.6. The monoisotopic (exact) mass is 420 g/mol. The minimum Gasteiger partial charge on any atom is -0.377 e. The summed E-state index contributed by atoms with van der Waals surface area (Å²) >= 11 is 0. The fourth-order valence-electron chi connectivity index (χ4n) is 4.22. The van der Waals surface area contributed by atoms with E-state index in [1.165, 1.54) is 26.2 Å². The summed E-state index contributed by atoms with van der Waals surface area (Å²) in [6.07, 6.45) is 1.96. The van der Waals surface area contributed by atoms with E-state index in [4.69, 9.17) is 9.73 Å². The third kappa shape index (κ3) is 6.65. The van der Waals surface area contributed by atoms with Gasteiger partial charge in [-0.25, -0.2) is 9.67 Å². The molecule has 2 aliphatic heterocycles. The molecule has 2 atom stereocenters. The molecule has 3 heterocycles. The van der Waals surface area contributed by atoms with Crippen LogP contribution in [0, 0.1) is 5.92 Å². The maximum atomic E-state index is 5.16. The zero-order valence-corrected chi connectivity index (χ0v) is 19.2. The van der Waals surface area contributed by atoms with Crippen LogP contribution in [0.3, 0.4) is 0 Å². The summed E-state index contributed by atoms with van der Waals surface area (Å²) in [5.74, 6) is 3.27. The molecule has 0 saturated carbocycles. The number of rotatable bonds is 9. The van der Waals surface area contributed by atoms with Crippen LogP contribution >= 0.6 is 0 Å². The first kappa shape index (κ1) is 23.0. The Labute approximate surface area is 181 Å². The van der Waals surface area contributed by atoms with Crippen LogP contribution in [0.5, 0.6) is 0 Å². The molecule has 9 nitrogen and oxygen atoms in total. The number of methoxy groups -OCH3 is 1. The zero-order chi connectivity index (χ0) is 21.3. The van der Waals surface area contributed by atoms with Crippen molar-refractivity contribution in [2.45, 2.75) is 52.8 Å². The van der Waals surface area contributed by atoms with Crippen molar-refractivity contribution >= 4 is 5.96 Å². The number of aromatic nitrogens is 3. The number of nitrogens with zero attached hydrogens (tertiary/aromatic N) is 6. The van der Waals surface area contributed by atoms with Gasteiger partial charge in [0.05, 0.1) is 6.54 Å². The second-order valence-electron chi connectivity index (χ2n) is 8.50. The zero-order valence-electron chi connectivity index (χ0n) is 19.2. The van der Waals surface area contributed by atoms with Crippen molar-refractivity contribution in [2.75, 3.05) is 59.5 Å². The topological polar surface area (TPSA) is 82.8 Å².